The molecule has 0 radical (unpaired) electrons. The van der Waals surface area contributed by atoms with Gasteiger partial charge in [0.25, 0.3) is 0 Å². The fourth-order valence-corrected chi connectivity index (χ4v) is 1.54. The molecule has 7 heteroatoms. The molecule has 0 aliphatic carbocycles. The highest BCUT2D eigenvalue weighted by Crippen LogP contribution is 2.13. The molecule has 2 heterocycles. The highest BCUT2D eigenvalue weighted by Gasteiger charge is 2.10. The molecule has 1 N–H and O–H groups in total. The van der Waals surface area contributed by atoms with E-state index in [-0.39, 0.29) is 5.76 Å². The first kappa shape index (κ1) is 10.6. The first-order valence-electron chi connectivity index (χ1n) is 4.46. The van der Waals surface area contributed by atoms with Gasteiger partial charge in [-0.25, -0.2) is 4.79 Å². The van der Waals surface area contributed by atoms with Crippen LogP contribution in [0, 0.1) is 0 Å². The van der Waals surface area contributed by atoms with E-state index in [1.54, 1.807) is 17.6 Å². The van der Waals surface area contributed by atoms with Crippen molar-refractivity contribution in [2.24, 2.45) is 0 Å². The van der Waals surface area contributed by atoms with Gasteiger partial charge >= 0.3 is 5.97 Å². The number of hydrogen-bond acceptors (Lipinski definition) is 7. The van der Waals surface area contributed by atoms with Gasteiger partial charge in [-0.15, -0.1) is 10.2 Å². The second kappa shape index (κ2) is 4.75. The van der Waals surface area contributed by atoms with E-state index in [1.807, 2.05) is 0 Å². The van der Waals surface area contributed by atoms with Crippen LogP contribution < -0.4 is 5.32 Å². The Hall–Kier alpha value is -1.89. The Kier molecular flexibility index (Phi) is 3.16. The molecular weight excluding hydrogens is 230 g/mol. The first-order valence-corrected chi connectivity index (χ1v) is 5.34. The van der Waals surface area contributed by atoms with Gasteiger partial charge in [-0.1, -0.05) is 11.3 Å². The maximum Gasteiger partial charge on any atom is 0.373 e. The molecule has 0 atom stereocenters. The minimum atomic E-state index is -0.484. The SMILES string of the molecule is COC(=O)c1ccc(CNc2nncs2)o1. The first-order chi connectivity index (χ1) is 7.79. The van der Waals surface area contributed by atoms with Crippen molar-refractivity contribution < 1.29 is 13.9 Å². The highest BCUT2D eigenvalue weighted by atomic mass is 32.1. The lowest BCUT2D eigenvalue weighted by molar-refractivity contribution is 0.0563. The monoisotopic (exact) mass is 239 g/mol. The summed E-state index contributed by atoms with van der Waals surface area (Å²) in [5.74, 6) is 0.342. The predicted molar refractivity (Wildman–Crippen MR) is 57.3 cm³/mol. The summed E-state index contributed by atoms with van der Waals surface area (Å²) in [6.45, 7) is 0.451. The second-order valence-electron chi connectivity index (χ2n) is 2.85. The number of furan rings is 1. The summed E-state index contributed by atoms with van der Waals surface area (Å²) in [6.07, 6.45) is 0. The number of rotatable bonds is 4. The predicted octanol–water partition coefficient (Wildman–Crippen LogP) is 1.53. The molecule has 84 valence electrons. The molecule has 0 aliphatic heterocycles. The van der Waals surface area contributed by atoms with Crippen LogP contribution in [0.15, 0.2) is 22.1 Å². The fraction of sp³-hybridized carbons (Fsp3) is 0.222. The van der Waals surface area contributed by atoms with E-state index in [0.717, 1.165) is 0 Å². The number of hydrogen-bond donors (Lipinski definition) is 1. The van der Waals surface area contributed by atoms with Crippen molar-refractivity contribution in [2.75, 3.05) is 12.4 Å². The van der Waals surface area contributed by atoms with Gasteiger partial charge in [0.1, 0.15) is 11.3 Å². The van der Waals surface area contributed by atoms with Gasteiger partial charge in [0.2, 0.25) is 10.9 Å². The molecular formula is C9H9N3O3S. The van der Waals surface area contributed by atoms with E-state index in [0.29, 0.717) is 17.4 Å². The van der Waals surface area contributed by atoms with Crippen molar-refractivity contribution in [3.05, 3.63) is 29.2 Å². The summed E-state index contributed by atoms with van der Waals surface area (Å²) in [7, 11) is 1.31. The molecule has 0 aliphatic rings. The van der Waals surface area contributed by atoms with Crippen molar-refractivity contribution in [3.8, 4) is 0 Å². The average Bonchev–Trinajstić information content (AvgIpc) is 2.96. The number of carbonyl (C=O) groups is 1. The zero-order valence-corrected chi connectivity index (χ0v) is 9.28. The van der Waals surface area contributed by atoms with E-state index in [1.165, 1.54) is 18.4 Å². The van der Waals surface area contributed by atoms with Crippen LogP contribution in [-0.2, 0) is 11.3 Å². The summed E-state index contributed by atoms with van der Waals surface area (Å²) < 4.78 is 9.78. The van der Waals surface area contributed by atoms with E-state index < -0.39 is 5.97 Å². The Bertz CT molecular complexity index is 466. The van der Waals surface area contributed by atoms with E-state index in [2.05, 4.69) is 20.3 Å². The second-order valence-corrected chi connectivity index (χ2v) is 3.69. The van der Waals surface area contributed by atoms with Crippen molar-refractivity contribution in [2.45, 2.75) is 6.54 Å². The molecule has 0 saturated heterocycles. The lowest BCUT2D eigenvalue weighted by Gasteiger charge is -1.97. The zero-order valence-electron chi connectivity index (χ0n) is 8.47. The Morgan fingerprint density at radius 1 is 1.62 bits per heavy atom. The zero-order chi connectivity index (χ0) is 11.4. The van der Waals surface area contributed by atoms with E-state index in [4.69, 9.17) is 4.42 Å². The Morgan fingerprint density at radius 2 is 2.50 bits per heavy atom. The maximum atomic E-state index is 11.1. The van der Waals surface area contributed by atoms with Crippen molar-refractivity contribution in [1.82, 2.24) is 10.2 Å². The molecule has 6 nitrogen and oxygen atoms in total. The molecule has 0 aromatic carbocycles. The van der Waals surface area contributed by atoms with Gasteiger partial charge in [0, 0.05) is 0 Å². The van der Waals surface area contributed by atoms with Crippen LogP contribution in [0.2, 0.25) is 0 Å². The van der Waals surface area contributed by atoms with Crippen molar-refractivity contribution >= 4 is 22.4 Å². The lowest BCUT2D eigenvalue weighted by atomic mass is 10.4. The summed E-state index contributed by atoms with van der Waals surface area (Å²) in [5, 5.41) is 11.2. The van der Waals surface area contributed by atoms with Crippen molar-refractivity contribution in [1.29, 1.82) is 0 Å². The topological polar surface area (TPSA) is 77.2 Å². The fourth-order valence-electron chi connectivity index (χ4n) is 1.10. The Morgan fingerprint density at radius 3 is 3.19 bits per heavy atom. The van der Waals surface area contributed by atoms with Crippen LogP contribution in [0.5, 0.6) is 0 Å². The number of nitrogens with one attached hydrogen (secondary N) is 1. The molecule has 2 rings (SSSR count). The normalized spacial score (nSPS) is 10.1. The number of esters is 1. The Labute approximate surface area is 95.3 Å². The van der Waals surface area contributed by atoms with Gasteiger partial charge in [-0.3, -0.25) is 0 Å². The standard InChI is InChI=1S/C9H9N3O3S/c1-14-8(13)7-3-2-6(15-7)4-10-9-12-11-5-16-9/h2-3,5H,4H2,1H3,(H,10,12). The molecule has 2 aromatic heterocycles. The van der Waals surface area contributed by atoms with E-state index in [9.17, 15) is 4.79 Å². The maximum absolute atomic E-state index is 11.1. The van der Waals surface area contributed by atoms with Gasteiger partial charge in [-0.2, -0.15) is 0 Å². The van der Waals surface area contributed by atoms with Gasteiger partial charge in [-0.05, 0) is 12.1 Å². The molecule has 0 fully saturated rings. The molecule has 0 amide bonds. The third-order valence-corrected chi connectivity index (χ3v) is 2.47. The molecule has 16 heavy (non-hydrogen) atoms. The average molecular weight is 239 g/mol. The molecule has 0 saturated carbocycles. The minimum Gasteiger partial charge on any atom is -0.463 e. The number of aromatic nitrogens is 2. The van der Waals surface area contributed by atoms with E-state index >= 15 is 0 Å². The molecule has 0 unspecified atom stereocenters. The van der Waals surface area contributed by atoms with Crippen LogP contribution in [-0.4, -0.2) is 23.3 Å². The summed E-state index contributed by atoms with van der Waals surface area (Å²) in [4.78, 5) is 11.1. The van der Waals surface area contributed by atoms with Gasteiger partial charge < -0.3 is 14.5 Å². The van der Waals surface area contributed by atoms with Gasteiger partial charge in [0.05, 0.1) is 13.7 Å². The lowest BCUT2D eigenvalue weighted by Crippen LogP contribution is -2.00. The third kappa shape index (κ3) is 2.37. The van der Waals surface area contributed by atoms with Crippen LogP contribution in [0.25, 0.3) is 0 Å². The summed E-state index contributed by atoms with van der Waals surface area (Å²) in [6, 6.07) is 3.28. The summed E-state index contributed by atoms with van der Waals surface area (Å²) >= 11 is 1.39. The number of methoxy groups -OCH3 is 1. The summed E-state index contributed by atoms with van der Waals surface area (Å²) in [5.41, 5.74) is 1.63. The largest absolute Gasteiger partial charge is 0.463 e. The number of carbonyl (C=O) groups excluding carboxylic acids is 1. The highest BCUT2D eigenvalue weighted by molar-refractivity contribution is 7.13. The van der Waals surface area contributed by atoms with Crippen LogP contribution in [0.3, 0.4) is 0 Å². The van der Waals surface area contributed by atoms with Gasteiger partial charge in [0.15, 0.2) is 0 Å². The molecule has 0 bridgehead atoms. The molecule has 0 spiro atoms. The quantitative estimate of drug-likeness (QED) is 0.815. The minimum absolute atomic E-state index is 0.191. The van der Waals surface area contributed by atoms with Crippen LogP contribution >= 0.6 is 11.3 Å². The number of ether oxygens (including phenoxy) is 1. The van der Waals surface area contributed by atoms with Crippen molar-refractivity contribution in [3.63, 3.8) is 0 Å². The Balaban J connectivity index is 1.95. The molecule has 2 aromatic rings. The smallest absolute Gasteiger partial charge is 0.373 e. The van der Waals surface area contributed by atoms with Crippen LogP contribution in [0.1, 0.15) is 16.3 Å². The van der Waals surface area contributed by atoms with Crippen LogP contribution in [0.4, 0.5) is 5.13 Å². The number of anilines is 1. The third-order valence-electron chi connectivity index (χ3n) is 1.82. The number of nitrogens with zero attached hydrogens (tertiary/aromatic N) is 2.